The first kappa shape index (κ1) is 16.3. The molecule has 5 nitrogen and oxygen atoms in total. The number of hydrogen-bond donors (Lipinski definition) is 2. The van der Waals surface area contributed by atoms with Crippen molar-refractivity contribution in [1.29, 1.82) is 0 Å². The molecule has 1 unspecified atom stereocenters. The van der Waals surface area contributed by atoms with Gasteiger partial charge in [0.15, 0.2) is 0 Å². The van der Waals surface area contributed by atoms with Gasteiger partial charge in [-0.2, -0.15) is 0 Å². The summed E-state index contributed by atoms with van der Waals surface area (Å²) in [6, 6.07) is -0.631. The van der Waals surface area contributed by atoms with Gasteiger partial charge in [-0.3, -0.25) is 4.98 Å². The van der Waals surface area contributed by atoms with Crippen LogP contribution in [-0.2, 0) is 11.2 Å². The Hall–Kier alpha value is -1.76. The van der Waals surface area contributed by atoms with Gasteiger partial charge < -0.3 is 15.8 Å². The zero-order chi connectivity index (χ0) is 15.3. The summed E-state index contributed by atoms with van der Waals surface area (Å²) in [4.78, 5) is 14.8. The van der Waals surface area contributed by atoms with E-state index >= 15 is 0 Å². The summed E-state index contributed by atoms with van der Waals surface area (Å²) in [5.74, 6) is -1.50. The lowest BCUT2D eigenvalue weighted by Gasteiger charge is -2.20. The third-order valence-corrected chi connectivity index (χ3v) is 2.33. The van der Waals surface area contributed by atoms with Crippen molar-refractivity contribution in [2.75, 3.05) is 6.54 Å². The largest absolute Gasteiger partial charge is 0.444 e. The average Bonchev–Trinajstić information content (AvgIpc) is 2.29. The molecule has 0 aliphatic rings. The number of amides is 1. The van der Waals surface area contributed by atoms with Crippen molar-refractivity contribution in [3.8, 4) is 0 Å². The molecule has 1 amide bonds. The van der Waals surface area contributed by atoms with E-state index in [-0.39, 0.29) is 18.5 Å². The van der Waals surface area contributed by atoms with Crippen LogP contribution >= 0.6 is 0 Å². The normalized spacial score (nSPS) is 12.9. The predicted molar refractivity (Wildman–Crippen MR) is 70.1 cm³/mol. The fourth-order valence-electron chi connectivity index (χ4n) is 1.50. The number of halogens is 2. The van der Waals surface area contributed by atoms with Crippen LogP contribution in [0.4, 0.5) is 13.6 Å². The van der Waals surface area contributed by atoms with Crippen LogP contribution in [0.3, 0.4) is 0 Å². The van der Waals surface area contributed by atoms with Crippen LogP contribution in [0.2, 0.25) is 0 Å². The highest BCUT2D eigenvalue weighted by Gasteiger charge is 2.18. The van der Waals surface area contributed by atoms with Gasteiger partial charge in [0, 0.05) is 18.2 Å². The molecule has 0 saturated carbocycles. The van der Waals surface area contributed by atoms with Gasteiger partial charge in [0.05, 0.1) is 12.4 Å². The molecule has 1 heterocycles. The molecule has 7 heteroatoms. The van der Waals surface area contributed by atoms with Gasteiger partial charge in [-0.05, 0) is 27.2 Å². The van der Waals surface area contributed by atoms with E-state index in [4.69, 9.17) is 10.5 Å². The Morgan fingerprint density at radius 3 is 2.45 bits per heavy atom. The van der Waals surface area contributed by atoms with Crippen LogP contribution in [0, 0.1) is 11.6 Å². The van der Waals surface area contributed by atoms with E-state index < -0.39 is 29.4 Å². The number of pyridine rings is 1. The molecule has 0 aliphatic carbocycles. The molecule has 1 rings (SSSR count). The topological polar surface area (TPSA) is 77.2 Å². The number of nitrogens with one attached hydrogen (secondary N) is 1. The van der Waals surface area contributed by atoms with E-state index in [0.29, 0.717) is 0 Å². The van der Waals surface area contributed by atoms with Crippen LogP contribution in [0.25, 0.3) is 0 Å². The second-order valence-electron chi connectivity index (χ2n) is 5.43. The molecule has 1 aromatic heterocycles. The fraction of sp³-hybridized carbons (Fsp3) is 0.538. The van der Waals surface area contributed by atoms with Crippen molar-refractivity contribution in [3.63, 3.8) is 0 Å². The number of carbonyl (C=O) groups is 1. The summed E-state index contributed by atoms with van der Waals surface area (Å²) in [7, 11) is 0. The maximum Gasteiger partial charge on any atom is 0.407 e. The van der Waals surface area contributed by atoms with Crippen molar-refractivity contribution in [1.82, 2.24) is 10.3 Å². The summed E-state index contributed by atoms with van der Waals surface area (Å²) >= 11 is 0. The average molecular weight is 287 g/mol. The molecule has 0 fully saturated rings. The van der Waals surface area contributed by atoms with Gasteiger partial charge in [0.25, 0.3) is 0 Å². The van der Waals surface area contributed by atoms with Crippen LogP contribution in [-0.4, -0.2) is 29.3 Å². The van der Waals surface area contributed by atoms with Crippen molar-refractivity contribution in [2.24, 2.45) is 5.73 Å². The summed E-state index contributed by atoms with van der Waals surface area (Å²) in [6.07, 6.45) is 1.18. The summed E-state index contributed by atoms with van der Waals surface area (Å²) in [5.41, 5.74) is 4.98. The summed E-state index contributed by atoms with van der Waals surface area (Å²) < 4.78 is 31.7. The molecule has 0 aliphatic heterocycles. The number of aromatic nitrogens is 1. The van der Waals surface area contributed by atoms with Gasteiger partial charge in [0.2, 0.25) is 0 Å². The second kappa shape index (κ2) is 6.60. The quantitative estimate of drug-likeness (QED) is 0.884. The fourth-order valence-corrected chi connectivity index (χ4v) is 1.50. The molecule has 1 atom stereocenters. The highest BCUT2D eigenvalue weighted by atomic mass is 19.1. The van der Waals surface area contributed by atoms with Crippen LogP contribution in [0.5, 0.6) is 0 Å². The van der Waals surface area contributed by atoms with Crippen LogP contribution in [0.1, 0.15) is 26.3 Å². The van der Waals surface area contributed by atoms with E-state index in [9.17, 15) is 13.6 Å². The minimum Gasteiger partial charge on any atom is -0.444 e. The lowest BCUT2D eigenvalue weighted by Crippen LogP contribution is -2.41. The highest BCUT2D eigenvalue weighted by molar-refractivity contribution is 5.67. The summed E-state index contributed by atoms with van der Waals surface area (Å²) in [5, 5.41) is 2.45. The Labute approximate surface area is 116 Å². The lowest BCUT2D eigenvalue weighted by atomic mass is 10.1. The van der Waals surface area contributed by atoms with E-state index in [1.807, 2.05) is 0 Å². The predicted octanol–water partition coefficient (Wildman–Crippen LogP) is 1.75. The molecular formula is C13H19F2N3O2. The molecule has 0 spiro atoms. The van der Waals surface area contributed by atoms with E-state index in [1.54, 1.807) is 20.8 Å². The number of nitrogens with two attached hydrogens (primary N) is 1. The molecular weight excluding hydrogens is 268 g/mol. The number of hydrogen-bond acceptors (Lipinski definition) is 4. The third kappa shape index (κ3) is 5.48. The van der Waals surface area contributed by atoms with E-state index in [1.165, 1.54) is 0 Å². The summed E-state index contributed by atoms with van der Waals surface area (Å²) in [6.45, 7) is 5.24. The number of carbonyl (C=O) groups excluding carboxylic acids is 1. The Morgan fingerprint density at radius 1 is 1.40 bits per heavy atom. The molecule has 0 radical (unpaired) electrons. The van der Waals surface area contributed by atoms with Crippen LogP contribution < -0.4 is 11.1 Å². The zero-order valence-corrected chi connectivity index (χ0v) is 11.7. The van der Waals surface area contributed by atoms with Gasteiger partial charge in [-0.1, -0.05) is 0 Å². The Morgan fingerprint density at radius 2 is 1.95 bits per heavy atom. The monoisotopic (exact) mass is 287 g/mol. The molecule has 112 valence electrons. The Kier molecular flexibility index (Phi) is 5.38. The highest BCUT2D eigenvalue weighted by Crippen LogP contribution is 2.12. The van der Waals surface area contributed by atoms with E-state index in [2.05, 4.69) is 10.3 Å². The number of alkyl carbamates (subject to hydrolysis) is 1. The van der Waals surface area contributed by atoms with Crippen molar-refractivity contribution in [3.05, 3.63) is 29.6 Å². The SMILES string of the molecule is CC(C)(C)OC(=O)NCC(N)Cc1c(F)cncc1F. The Bertz CT molecular complexity index is 455. The standard InChI is InChI=1S/C13H19F2N3O2/c1-13(2,3)20-12(19)18-5-8(16)4-9-10(14)6-17-7-11(9)15/h6-8H,4-5,16H2,1-3H3,(H,18,19). The molecule has 1 aromatic rings. The molecule has 20 heavy (non-hydrogen) atoms. The van der Waals surface area contributed by atoms with Gasteiger partial charge in [0.1, 0.15) is 17.2 Å². The van der Waals surface area contributed by atoms with Gasteiger partial charge >= 0.3 is 6.09 Å². The van der Waals surface area contributed by atoms with Crippen molar-refractivity contribution < 1.29 is 18.3 Å². The maximum absolute atomic E-state index is 13.4. The van der Waals surface area contributed by atoms with Gasteiger partial charge in [-0.25, -0.2) is 13.6 Å². The lowest BCUT2D eigenvalue weighted by molar-refractivity contribution is 0.0524. The molecule has 3 N–H and O–H groups in total. The van der Waals surface area contributed by atoms with Crippen LogP contribution in [0.15, 0.2) is 12.4 Å². The first-order chi connectivity index (χ1) is 9.19. The third-order valence-electron chi connectivity index (χ3n) is 2.33. The number of rotatable bonds is 4. The Balaban J connectivity index is 2.48. The zero-order valence-electron chi connectivity index (χ0n) is 11.7. The van der Waals surface area contributed by atoms with Crippen molar-refractivity contribution in [2.45, 2.75) is 38.8 Å². The molecule has 0 aromatic carbocycles. The smallest absolute Gasteiger partial charge is 0.407 e. The van der Waals surface area contributed by atoms with Gasteiger partial charge in [-0.15, -0.1) is 0 Å². The first-order valence-corrected chi connectivity index (χ1v) is 6.19. The number of nitrogens with zero attached hydrogens (tertiary/aromatic N) is 1. The molecule has 0 bridgehead atoms. The first-order valence-electron chi connectivity index (χ1n) is 6.19. The maximum atomic E-state index is 13.4. The second-order valence-corrected chi connectivity index (χ2v) is 5.43. The van der Waals surface area contributed by atoms with E-state index in [0.717, 1.165) is 12.4 Å². The molecule has 0 saturated heterocycles. The number of ether oxygens (including phenoxy) is 1. The minimum atomic E-state index is -0.752. The minimum absolute atomic E-state index is 0.0457. The van der Waals surface area contributed by atoms with Crippen molar-refractivity contribution >= 4 is 6.09 Å².